The second-order valence-corrected chi connectivity index (χ2v) is 12.8. The Balaban J connectivity index is 1.27. The van der Waals surface area contributed by atoms with Crippen LogP contribution in [0.3, 0.4) is 0 Å². The van der Waals surface area contributed by atoms with Crippen molar-refractivity contribution in [1.29, 1.82) is 0 Å². The summed E-state index contributed by atoms with van der Waals surface area (Å²) in [7, 11) is 0. The van der Waals surface area contributed by atoms with Crippen molar-refractivity contribution in [2.24, 2.45) is 4.99 Å². The predicted molar refractivity (Wildman–Crippen MR) is 185 cm³/mol. The molecule has 242 valence electrons. The van der Waals surface area contributed by atoms with E-state index in [1.54, 1.807) is 11.5 Å². The van der Waals surface area contributed by atoms with E-state index in [-0.39, 0.29) is 19.0 Å². The monoisotopic (exact) mass is 658 g/mol. The molecule has 0 fully saturated rings. The first-order valence-electron chi connectivity index (χ1n) is 15.9. The van der Waals surface area contributed by atoms with Gasteiger partial charge in [-0.15, -0.1) is 0 Å². The average Bonchev–Trinajstić information content (AvgIpc) is 3.71. The Hall–Kier alpha value is -5.41. The van der Waals surface area contributed by atoms with Gasteiger partial charge >= 0.3 is 5.97 Å². The molecule has 9 heteroatoms. The summed E-state index contributed by atoms with van der Waals surface area (Å²) in [5.41, 5.74) is 5.16. The van der Waals surface area contributed by atoms with Gasteiger partial charge in [0.05, 0.1) is 28.5 Å². The Bertz CT molecular complexity index is 2180. The lowest BCUT2D eigenvalue weighted by atomic mass is 9.91. The molecule has 48 heavy (non-hydrogen) atoms. The van der Waals surface area contributed by atoms with Crippen molar-refractivity contribution < 1.29 is 23.7 Å². The molecule has 0 radical (unpaired) electrons. The first-order chi connectivity index (χ1) is 23.4. The van der Waals surface area contributed by atoms with Gasteiger partial charge in [-0.3, -0.25) is 9.36 Å². The summed E-state index contributed by atoms with van der Waals surface area (Å²) >= 11 is 1.30. The Kier molecular flexibility index (Phi) is 8.69. The third kappa shape index (κ3) is 6.16. The van der Waals surface area contributed by atoms with Gasteiger partial charge in [0.25, 0.3) is 5.56 Å². The zero-order valence-electron chi connectivity index (χ0n) is 26.8. The molecule has 0 amide bonds. The van der Waals surface area contributed by atoms with E-state index in [9.17, 15) is 9.59 Å². The lowest BCUT2D eigenvalue weighted by molar-refractivity contribution is -0.138. The van der Waals surface area contributed by atoms with Crippen LogP contribution in [0.5, 0.6) is 17.2 Å². The molecule has 8 nitrogen and oxygen atoms in total. The van der Waals surface area contributed by atoms with E-state index in [2.05, 4.69) is 26.0 Å². The molecule has 0 N–H and O–H groups in total. The Morgan fingerprint density at radius 1 is 0.979 bits per heavy atom. The highest BCUT2D eigenvalue weighted by molar-refractivity contribution is 7.07. The summed E-state index contributed by atoms with van der Waals surface area (Å²) in [6, 6.07) is 30.3. The smallest absolute Gasteiger partial charge is 0.338 e. The molecule has 7 rings (SSSR count). The van der Waals surface area contributed by atoms with Crippen molar-refractivity contribution in [3.8, 4) is 17.2 Å². The Morgan fingerprint density at radius 3 is 2.46 bits per heavy atom. The van der Waals surface area contributed by atoms with E-state index in [0.717, 1.165) is 28.0 Å². The number of fused-ring (bicyclic) bond motifs is 2. The molecule has 0 saturated carbocycles. The van der Waals surface area contributed by atoms with E-state index in [4.69, 9.17) is 23.9 Å². The molecule has 3 heterocycles. The highest BCUT2D eigenvalue weighted by Crippen LogP contribution is 2.36. The number of benzene rings is 4. The summed E-state index contributed by atoms with van der Waals surface area (Å²) in [6.07, 6.45) is 1.85. The molecular formula is C39H34N2O6S. The van der Waals surface area contributed by atoms with E-state index in [1.807, 2.05) is 91.0 Å². The van der Waals surface area contributed by atoms with Crippen LogP contribution in [0.4, 0.5) is 0 Å². The van der Waals surface area contributed by atoms with Crippen molar-refractivity contribution in [2.45, 2.75) is 39.3 Å². The zero-order valence-corrected chi connectivity index (χ0v) is 27.7. The van der Waals surface area contributed by atoms with Crippen molar-refractivity contribution in [3.63, 3.8) is 0 Å². The second kappa shape index (κ2) is 13.4. The number of aromatic nitrogens is 1. The third-order valence-electron chi connectivity index (χ3n) is 8.31. The predicted octanol–water partition coefficient (Wildman–Crippen LogP) is 6.37. The second-order valence-electron chi connectivity index (χ2n) is 11.8. The summed E-state index contributed by atoms with van der Waals surface area (Å²) in [4.78, 5) is 33.4. The molecule has 5 aromatic rings. The van der Waals surface area contributed by atoms with Crippen LogP contribution >= 0.6 is 11.3 Å². The molecule has 1 aromatic heterocycles. The van der Waals surface area contributed by atoms with Crippen molar-refractivity contribution >= 4 is 29.1 Å². The van der Waals surface area contributed by atoms with E-state index < -0.39 is 12.0 Å². The zero-order chi connectivity index (χ0) is 33.2. The lowest BCUT2D eigenvalue weighted by Gasteiger charge is -2.26. The number of esters is 1. The van der Waals surface area contributed by atoms with E-state index in [0.29, 0.717) is 44.6 Å². The van der Waals surface area contributed by atoms with Crippen LogP contribution in [0.25, 0.3) is 11.8 Å². The number of carbonyl (C=O) groups is 1. The minimum Gasteiger partial charge on any atom is -0.489 e. The normalized spacial score (nSPS) is 15.3. The van der Waals surface area contributed by atoms with Crippen LogP contribution in [0.2, 0.25) is 0 Å². The summed E-state index contributed by atoms with van der Waals surface area (Å²) in [6.45, 7) is 6.84. The number of hydrogen-bond acceptors (Lipinski definition) is 8. The quantitative estimate of drug-likeness (QED) is 0.171. The van der Waals surface area contributed by atoms with Crippen LogP contribution in [-0.4, -0.2) is 23.9 Å². The number of nitrogens with zero attached hydrogens (tertiary/aromatic N) is 2. The first-order valence-corrected chi connectivity index (χ1v) is 16.7. The highest BCUT2D eigenvalue weighted by Gasteiger charge is 2.35. The van der Waals surface area contributed by atoms with Crippen molar-refractivity contribution in [2.75, 3.05) is 13.4 Å². The summed E-state index contributed by atoms with van der Waals surface area (Å²) in [5, 5.41) is 0. The molecule has 0 unspecified atom stereocenters. The van der Waals surface area contributed by atoms with E-state index in [1.165, 1.54) is 16.9 Å². The Morgan fingerprint density at radius 2 is 1.73 bits per heavy atom. The van der Waals surface area contributed by atoms with Gasteiger partial charge in [-0.2, -0.15) is 0 Å². The molecule has 2 aliphatic heterocycles. The molecule has 1 atom stereocenters. The van der Waals surface area contributed by atoms with Crippen LogP contribution in [-0.2, 0) is 16.1 Å². The first kappa shape index (κ1) is 31.2. The van der Waals surface area contributed by atoms with Crippen LogP contribution < -0.4 is 29.1 Å². The van der Waals surface area contributed by atoms with Crippen LogP contribution in [0.1, 0.15) is 60.5 Å². The van der Waals surface area contributed by atoms with Gasteiger partial charge in [0.1, 0.15) is 12.4 Å². The van der Waals surface area contributed by atoms with Crippen LogP contribution in [0.15, 0.2) is 112 Å². The molecular weight excluding hydrogens is 625 g/mol. The van der Waals surface area contributed by atoms with Crippen molar-refractivity contribution in [1.82, 2.24) is 4.57 Å². The largest absolute Gasteiger partial charge is 0.489 e. The molecule has 2 aliphatic rings. The third-order valence-corrected chi connectivity index (χ3v) is 9.30. The van der Waals surface area contributed by atoms with Gasteiger partial charge in [0.2, 0.25) is 6.79 Å². The fourth-order valence-electron chi connectivity index (χ4n) is 5.83. The fraction of sp³-hybridized carbons (Fsp3) is 0.205. The molecule has 0 spiro atoms. The summed E-state index contributed by atoms with van der Waals surface area (Å²) < 4.78 is 24.6. The minimum absolute atomic E-state index is 0.199. The van der Waals surface area contributed by atoms with Gasteiger partial charge in [-0.25, -0.2) is 9.79 Å². The minimum atomic E-state index is -0.717. The molecule has 0 bridgehead atoms. The van der Waals surface area contributed by atoms with Crippen LogP contribution in [0, 0.1) is 0 Å². The fourth-order valence-corrected chi connectivity index (χ4v) is 6.83. The molecule has 0 saturated heterocycles. The van der Waals surface area contributed by atoms with Gasteiger partial charge in [-0.05, 0) is 65.4 Å². The number of thiazole rings is 1. The lowest BCUT2D eigenvalue weighted by Crippen LogP contribution is -2.40. The van der Waals surface area contributed by atoms with Gasteiger partial charge in [-0.1, -0.05) is 98.0 Å². The maximum Gasteiger partial charge on any atom is 0.338 e. The Labute approximate surface area is 281 Å². The molecule has 4 aromatic carbocycles. The maximum atomic E-state index is 14.2. The topological polar surface area (TPSA) is 88.4 Å². The van der Waals surface area contributed by atoms with Gasteiger partial charge in [0, 0.05) is 5.56 Å². The average molecular weight is 659 g/mol. The maximum absolute atomic E-state index is 14.2. The number of hydrogen-bond donors (Lipinski definition) is 0. The molecule has 0 aliphatic carbocycles. The number of rotatable bonds is 9. The number of carbonyl (C=O) groups excluding carboxylic acids is 1. The highest BCUT2D eigenvalue weighted by atomic mass is 32.1. The standard InChI is InChI=1S/C39H34N2O6S/c1-4-44-38(43)34-35(28-8-6-5-7-9-28)40-39-41(36(34)29-15-13-27(14-16-29)24(2)3)37(42)33(48-39)21-25-10-17-30(18-11-25)45-22-26-12-19-31-32(20-26)47-23-46-31/h5-21,24,36H,4,22-23H2,1-3H3/b33-21-/t36-/m0/s1. The van der Waals surface area contributed by atoms with E-state index >= 15 is 0 Å². The van der Waals surface area contributed by atoms with Gasteiger partial charge < -0.3 is 18.9 Å². The summed E-state index contributed by atoms with van der Waals surface area (Å²) in [5.74, 6) is 1.98. The SMILES string of the molecule is CCOC(=O)C1=C(c2ccccc2)N=c2s/c(=C\c3ccc(OCc4ccc5c(c4)OCO5)cc3)c(=O)n2[C@H]1c1ccc(C(C)C)cc1. The van der Waals surface area contributed by atoms with Gasteiger partial charge in [0.15, 0.2) is 16.3 Å². The number of ether oxygens (including phenoxy) is 4. The van der Waals surface area contributed by atoms with Crippen molar-refractivity contribution in [3.05, 3.63) is 150 Å².